The predicted molar refractivity (Wildman–Crippen MR) is 108 cm³/mol. The van der Waals surface area contributed by atoms with E-state index in [1.165, 1.54) is 0 Å². The molecule has 0 bridgehead atoms. The van der Waals surface area contributed by atoms with Gasteiger partial charge in [0.1, 0.15) is 0 Å². The second kappa shape index (κ2) is 8.35. The van der Waals surface area contributed by atoms with Crippen molar-refractivity contribution in [2.24, 2.45) is 0 Å². The second-order valence-electron chi connectivity index (χ2n) is 7.11. The molecule has 3 rings (SSSR count). The van der Waals surface area contributed by atoms with Gasteiger partial charge in [-0.1, -0.05) is 48.5 Å². The fourth-order valence-electron chi connectivity index (χ4n) is 3.89. The van der Waals surface area contributed by atoms with E-state index in [0.717, 1.165) is 29.8 Å². The lowest BCUT2D eigenvalue weighted by molar-refractivity contribution is -0.129. The number of carbonyl (C=O) groups excluding carboxylic acids is 2. The van der Waals surface area contributed by atoms with Crippen molar-refractivity contribution < 1.29 is 9.59 Å². The summed E-state index contributed by atoms with van der Waals surface area (Å²) < 4.78 is 0. The van der Waals surface area contributed by atoms with Gasteiger partial charge in [-0.05, 0) is 43.6 Å². The molecule has 0 saturated carbocycles. The maximum atomic E-state index is 13.3. The van der Waals surface area contributed by atoms with Gasteiger partial charge in [0.05, 0.1) is 5.41 Å². The van der Waals surface area contributed by atoms with Crippen molar-refractivity contribution in [1.82, 2.24) is 10.6 Å². The summed E-state index contributed by atoms with van der Waals surface area (Å²) in [4.78, 5) is 27.7. The molecule has 0 aliphatic carbocycles. The van der Waals surface area contributed by atoms with Crippen molar-refractivity contribution in [3.63, 3.8) is 0 Å². The van der Waals surface area contributed by atoms with E-state index >= 15 is 0 Å². The number of anilines is 1. The normalized spacial score (nSPS) is 18.4. The molecular formula is C22H27N3O2. The number of likely N-dealkylation sites (N-methyl/N-ethyl adjacent to an activating group) is 1. The third kappa shape index (κ3) is 3.88. The Kier molecular flexibility index (Phi) is 5.91. The monoisotopic (exact) mass is 365 g/mol. The molecule has 27 heavy (non-hydrogen) atoms. The Bertz CT molecular complexity index is 806. The van der Waals surface area contributed by atoms with Crippen LogP contribution in [0.25, 0.3) is 0 Å². The van der Waals surface area contributed by atoms with Crippen LogP contribution < -0.4 is 15.5 Å². The smallest absolute Gasteiger partial charge is 0.238 e. The number of fused-ring (bicyclic) bond motifs is 1. The highest BCUT2D eigenvalue weighted by molar-refractivity contribution is 6.09. The topological polar surface area (TPSA) is 61.4 Å². The Morgan fingerprint density at radius 1 is 1.04 bits per heavy atom. The van der Waals surface area contributed by atoms with Crippen LogP contribution in [0.15, 0.2) is 54.6 Å². The van der Waals surface area contributed by atoms with Crippen LogP contribution in [-0.2, 0) is 21.4 Å². The van der Waals surface area contributed by atoms with E-state index < -0.39 is 5.41 Å². The maximum Gasteiger partial charge on any atom is 0.238 e. The number of benzene rings is 2. The molecule has 0 saturated heterocycles. The fourth-order valence-corrected chi connectivity index (χ4v) is 3.89. The van der Waals surface area contributed by atoms with E-state index in [2.05, 4.69) is 10.6 Å². The minimum absolute atomic E-state index is 0.0158. The van der Waals surface area contributed by atoms with Crippen LogP contribution in [0.3, 0.4) is 0 Å². The van der Waals surface area contributed by atoms with Crippen molar-refractivity contribution >= 4 is 17.5 Å². The highest BCUT2D eigenvalue weighted by atomic mass is 16.2. The van der Waals surface area contributed by atoms with Gasteiger partial charge < -0.3 is 15.5 Å². The number of hydrogen-bond acceptors (Lipinski definition) is 3. The van der Waals surface area contributed by atoms with Crippen LogP contribution in [-0.4, -0.2) is 39.0 Å². The van der Waals surface area contributed by atoms with E-state index in [1.807, 2.05) is 61.6 Å². The molecule has 5 heteroatoms. The zero-order valence-electron chi connectivity index (χ0n) is 16.0. The Morgan fingerprint density at radius 3 is 2.48 bits per heavy atom. The van der Waals surface area contributed by atoms with Crippen LogP contribution in [0, 0.1) is 0 Å². The van der Waals surface area contributed by atoms with E-state index in [4.69, 9.17) is 0 Å². The lowest BCUT2D eigenvalue weighted by Gasteiger charge is -2.28. The summed E-state index contributed by atoms with van der Waals surface area (Å²) in [6.45, 7) is 1.45. The molecule has 2 aromatic carbocycles. The summed E-state index contributed by atoms with van der Waals surface area (Å²) in [5, 5.41) is 6.04. The summed E-state index contributed by atoms with van der Waals surface area (Å²) in [6.07, 6.45) is 1.53. The van der Waals surface area contributed by atoms with Crippen LogP contribution in [0.4, 0.5) is 5.69 Å². The molecule has 2 N–H and O–H groups in total. The van der Waals surface area contributed by atoms with Crippen molar-refractivity contribution in [3.05, 3.63) is 65.7 Å². The van der Waals surface area contributed by atoms with Gasteiger partial charge in [-0.2, -0.15) is 0 Å². The summed E-state index contributed by atoms with van der Waals surface area (Å²) >= 11 is 0. The van der Waals surface area contributed by atoms with Gasteiger partial charge >= 0.3 is 0 Å². The highest BCUT2D eigenvalue weighted by Gasteiger charge is 2.50. The standard InChI is InChI=1S/C22H27N3O2/c1-23-13-8-14-24-20(26)16-22(15-17-9-4-3-5-10-17)18-11-6-7-12-19(18)25(2)21(22)27/h3-7,9-12,23H,8,13-16H2,1-2H3,(H,24,26)/t22-/m1/s1. The molecule has 1 aliphatic heterocycles. The first-order chi connectivity index (χ1) is 13.1. The summed E-state index contributed by atoms with van der Waals surface area (Å²) in [7, 11) is 3.68. The number of hydrogen-bond donors (Lipinski definition) is 2. The van der Waals surface area contributed by atoms with Crippen LogP contribution in [0.5, 0.6) is 0 Å². The molecule has 5 nitrogen and oxygen atoms in total. The highest BCUT2D eigenvalue weighted by Crippen LogP contribution is 2.45. The molecule has 1 atom stereocenters. The number of nitrogens with zero attached hydrogens (tertiary/aromatic N) is 1. The molecule has 2 amide bonds. The Morgan fingerprint density at radius 2 is 1.74 bits per heavy atom. The minimum atomic E-state index is -0.861. The number of amides is 2. The molecule has 1 aliphatic rings. The van der Waals surface area contributed by atoms with Gasteiger partial charge in [-0.25, -0.2) is 0 Å². The van der Waals surface area contributed by atoms with Crippen LogP contribution in [0.1, 0.15) is 24.0 Å². The number of para-hydroxylation sites is 1. The van der Waals surface area contributed by atoms with E-state index in [-0.39, 0.29) is 18.2 Å². The zero-order chi connectivity index (χ0) is 19.3. The second-order valence-corrected chi connectivity index (χ2v) is 7.11. The SMILES string of the molecule is CNCCCNC(=O)C[C@@]1(Cc2ccccc2)C(=O)N(C)c2ccccc21. The average molecular weight is 365 g/mol. The average Bonchev–Trinajstić information content (AvgIpc) is 2.89. The number of carbonyl (C=O) groups is 2. The van der Waals surface area contributed by atoms with Crippen molar-refractivity contribution in [1.29, 1.82) is 0 Å². The number of rotatable bonds is 8. The summed E-state index contributed by atoms with van der Waals surface area (Å²) in [6, 6.07) is 17.7. The van der Waals surface area contributed by atoms with Gasteiger partial charge in [0.2, 0.25) is 11.8 Å². The maximum absolute atomic E-state index is 13.3. The first-order valence-corrected chi connectivity index (χ1v) is 9.41. The van der Waals surface area contributed by atoms with Gasteiger partial charge in [-0.3, -0.25) is 9.59 Å². The first-order valence-electron chi connectivity index (χ1n) is 9.41. The molecule has 142 valence electrons. The van der Waals surface area contributed by atoms with Gasteiger partial charge in [0.15, 0.2) is 0 Å². The number of nitrogens with one attached hydrogen (secondary N) is 2. The quantitative estimate of drug-likeness (QED) is 0.706. The zero-order valence-corrected chi connectivity index (χ0v) is 16.0. The predicted octanol–water partition coefficient (Wildman–Crippen LogP) is 2.26. The van der Waals surface area contributed by atoms with Crippen LogP contribution >= 0.6 is 0 Å². The molecule has 1 heterocycles. The molecule has 2 aromatic rings. The minimum Gasteiger partial charge on any atom is -0.356 e. The van der Waals surface area contributed by atoms with Gasteiger partial charge in [0, 0.05) is 25.7 Å². The van der Waals surface area contributed by atoms with Crippen molar-refractivity contribution in [3.8, 4) is 0 Å². The Hall–Kier alpha value is -2.66. The summed E-state index contributed by atoms with van der Waals surface area (Å²) in [5.41, 5.74) is 2.02. The Balaban J connectivity index is 1.91. The lowest BCUT2D eigenvalue weighted by atomic mass is 9.73. The lowest BCUT2D eigenvalue weighted by Crippen LogP contribution is -2.44. The molecule has 0 spiro atoms. The molecule has 0 radical (unpaired) electrons. The molecular weight excluding hydrogens is 338 g/mol. The van der Waals surface area contributed by atoms with E-state index in [9.17, 15) is 9.59 Å². The van der Waals surface area contributed by atoms with Gasteiger partial charge in [0.25, 0.3) is 0 Å². The van der Waals surface area contributed by atoms with Crippen LogP contribution in [0.2, 0.25) is 0 Å². The van der Waals surface area contributed by atoms with E-state index in [1.54, 1.807) is 11.9 Å². The fraction of sp³-hybridized carbons (Fsp3) is 0.364. The largest absolute Gasteiger partial charge is 0.356 e. The Labute approximate surface area is 160 Å². The van der Waals surface area contributed by atoms with Crippen molar-refractivity contribution in [2.45, 2.75) is 24.7 Å². The molecule has 0 unspecified atom stereocenters. The van der Waals surface area contributed by atoms with E-state index in [0.29, 0.717) is 13.0 Å². The molecule has 0 aromatic heterocycles. The third-order valence-electron chi connectivity index (χ3n) is 5.23. The first kappa shape index (κ1) is 19.1. The summed E-state index contributed by atoms with van der Waals surface area (Å²) in [5.74, 6) is -0.0987. The van der Waals surface area contributed by atoms with Gasteiger partial charge in [-0.15, -0.1) is 0 Å². The molecule has 0 fully saturated rings. The third-order valence-corrected chi connectivity index (χ3v) is 5.23. The van der Waals surface area contributed by atoms with Crippen molar-refractivity contribution in [2.75, 3.05) is 32.1 Å².